The van der Waals surface area contributed by atoms with Crippen LogP contribution >= 0.6 is 0 Å². The average molecular weight is 339 g/mol. The molecule has 2 amide bonds. The van der Waals surface area contributed by atoms with Crippen LogP contribution in [-0.4, -0.2) is 52.9 Å². The number of rotatable bonds is 2. The summed E-state index contributed by atoms with van der Waals surface area (Å²) < 4.78 is 5.32. The largest absolute Gasteiger partial charge is 0.360 e. The van der Waals surface area contributed by atoms with Crippen LogP contribution in [0.5, 0.6) is 0 Å². The molecule has 130 valence electrons. The second-order valence-corrected chi connectivity index (χ2v) is 6.90. The number of aryl methyl sites for hydroxylation is 1. The molecule has 3 heterocycles. The predicted octanol–water partition coefficient (Wildman–Crippen LogP) is 2.34. The van der Waals surface area contributed by atoms with Crippen molar-refractivity contribution < 1.29 is 14.1 Å². The van der Waals surface area contributed by atoms with Crippen molar-refractivity contribution >= 4 is 11.8 Å². The minimum atomic E-state index is -0.0659. The van der Waals surface area contributed by atoms with E-state index in [-0.39, 0.29) is 17.9 Å². The van der Waals surface area contributed by atoms with Crippen molar-refractivity contribution in [2.45, 2.75) is 25.8 Å². The van der Waals surface area contributed by atoms with Gasteiger partial charge in [-0.1, -0.05) is 35.5 Å². The first-order chi connectivity index (χ1) is 12.1. The Morgan fingerprint density at radius 1 is 1.28 bits per heavy atom. The number of carbonyl (C=O) groups excluding carboxylic acids is 2. The van der Waals surface area contributed by atoms with Gasteiger partial charge in [-0.25, -0.2) is 0 Å². The van der Waals surface area contributed by atoms with E-state index in [0.29, 0.717) is 42.4 Å². The highest BCUT2D eigenvalue weighted by Gasteiger charge is 2.42. The second kappa shape index (κ2) is 6.02. The molecule has 0 spiro atoms. The first kappa shape index (κ1) is 15.9. The minimum Gasteiger partial charge on any atom is -0.360 e. The van der Waals surface area contributed by atoms with Crippen LogP contribution in [0.2, 0.25) is 0 Å². The second-order valence-electron chi connectivity index (χ2n) is 6.90. The molecule has 1 aromatic carbocycles. The third kappa shape index (κ3) is 2.62. The number of amides is 2. The predicted molar refractivity (Wildman–Crippen MR) is 91.9 cm³/mol. The van der Waals surface area contributed by atoms with Gasteiger partial charge in [0.05, 0.1) is 6.04 Å². The molecular weight excluding hydrogens is 318 g/mol. The molecule has 6 nitrogen and oxygen atoms in total. The Bertz CT molecular complexity index is 815. The van der Waals surface area contributed by atoms with Crippen LogP contribution in [0.3, 0.4) is 0 Å². The van der Waals surface area contributed by atoms with E-state index >= 15 is 0 Å². The van der Waals surface area contributed by atoms with E-state index < -0.39 is 0 Å². The first-order valence-electron chi connectivity index (χ1n) is 8.63. The summed E-state index contributed by atoms with van der Waals surface area (Å²) in [5.41, 5.74) is 1.98. The van der Waals surface area contributed by atoms with Crippen molar-refractivity contribution in [3.8, 4) is 11.3 Å². The zero-order valence-corrected chi connectivity index (χ0v) is 14.4. The number of hydrogen-bond donors (Lipinski definition) is 0. The molecule has 0 bridgehead atoms. The molecule has 2 aliphatic heterocycles. The van der Waals surface area contributed by atoms with Gasteiger partial charge in [-0.15, -0.1) is 0 Å². The van der Waals surface area contributed by atoms with Crippen molar-refractivity contribution in [3.63, 3.8) is 0 Å². The zero-order valence-electron chi connectivity index (χ0n) is 14.4. The summed E-state index contributed by atoms with van der Waals surface area (Å²) in [6, 6.07) is 9.71. The number of benzene rings is 1. The fourth-order valence-electron chi connectivity index (χ4n) is 3.97. The summed E-state index contributed by atoms with van der Waals surface area (Å²) in [6.45, 7) is 3.01. The highest BCUT2D eigenvalue weighted by atomic mass is 16.5. The number of nitrogens with zero attached hydrogens (tertiary/aromatic N) is 3. The molecule has 2 saturated heterocycles. The van der Waals surface area contributed by atoms with Crippen LogP contribution in [0.15, 0.2) is 34.9 Å². The Balaban J connectivity index is 1.62. The number of piperidine rings is 1. The maximum atomic E-state index is 13.2. The number of fused-ring (bicyclic) bond motifs is 1. The van der Waals surface area contributed by atoms with Gasteiger partial charge in [0.15, 0.2) is 0 Å². The Labute approximate surface area is 146 Å². The van der Waals surface area contributed by atoms with Crippen LogP contribution < -0.4 is 0 Å². The molecule has 1 aromatic heterocycles. The van der Waals surface area contributed by atoms with E-state index in [4.69, 9.17) is 4.52 Å². The maximum absolute atomic E-state index is 13.2. The normalized spacial score (nSPS) is 23.0. The number of likely N-dealkylation sites (tertiary alicyclic amines) is 2. The van der Waals surface area contributed by atoms with Crippen LogP contribution in [0.25, 0.3) is 11.3 Å². The van der Waals surface area contributed by atoms with Gasteiger partial charge in [-0.3, -0.25) is 9.59 Å². The van der Waals surface area contributed by atoms with Gasteiger partial charge in [-0.2, -0.15) is 0 Å². The molecule has 2 fully saturated rings. The van der Waals surface area contributed by atoms with Gasteiger partial charge in [0.2, 0.25) is 5.91 Å². The molecule has 2 aliphatic rings. The Hall–Kier alpha value is -2.63. The monoisotopic (exact) mass is 339 g/mol. The van der Waals surface area contributed by atoms with Crippen LogP contribution in [0.4, 0.5) is 0 Å². The van der Waals surface area contributed by atoms with E-state index in [1.54, 1.807) is 11.8 Å². The molecule has 0 unspecified atom stereocenters. The van der Waals surface area contributed by atoms with E-state index in [1.165, 1.54) is 0 Å². The van der Waals surface area contributed by atoms with Gasteiger partial charge < -0.3 is 14.3 Å². The molecule has 0 N–H and O–H groups in total. The molecule has 2 atom stereocenters. The van der Waals surface area contributed by atoms with Crippen LogP contribution in [0.1, 0.15) is 29.0 Å². The molecule has 0 aliphatic carbocycles. The standard InChI is InChI=1S/C19H21N3O3/c1-12-17(18(20-25-12)13-6-4-3-5-7-13)19(24)22-9-8-14-10-16(23)21(2)15(14)11-22/h3-7,14-15H,8-11H2,1-2H3/t14-,15-/m1/s1. The summed E-state index contributed by atoms with van der Waals surface area (Å²) in [5, 5.41) is 4.11. The first-order valence-corrected chi connectivity index (χ1v) is 8.63. The van der Waals surface area contributed by atoms with Crippen molar-refractivity contribution in [3.05, 3.63) is 41.7 Å². The van der Waals surface area contributed by atoms with E-state index in [9.17, 15) is 9.59 Å². The summed E-state index contributed by atoms with van der Waals surface area (Å²) in [7, 11) is 1.83. The highest BCUT2D eigenvalue weighted by Crippen LogP contribution is 2.33. The van der Waals surface area contributed by atoms with E-state index in [1.807, 2.05) is 42.3 Å². The smallest absolute Gasteiger partial charge is 0.259 e. The minimum absolute atomic E-state index is 0.0659. The fourth-order valence-corrected chi connectivity index (χ4v) is 3.97. The fraction of sp³-hybridized carbons (Fsp3) is 0.421. The maximum Gasteiger partial charge on any atom is 0.259 e. The molecule has 0 saturated carbocycles. The summed E-state index contributed by atoms with van der Waals surface area (Å²) in [5.74, 6) is 1.000. The number of hydrogen-bond acceptors (Lipinski definition) is 4. The number of likely N-dealkylation sites (N-methyl/N-ethyl adjacent to an activating group) is 1. The molecule has 4 rings (SSSR count). The topological polar surface area (TPSA) is 66.7 Å². The van der Waals surface area contributed by atoms with Gasteiger partial charge in [-0.05, 0) is 19.3 Å². The Morgan fingerprint density at radius 3 is 2.80 bits per heavy atom. The van der Waals surface area contributed by atoms with Crippen molar-refractivity contribution in [2.75, 3.05) is 20.1 Å². The van der Waals surface area contributed by atoms with Crippen molar-refractivity contribution in [1.29, 1.82) is 0 Å². The van der Waals surface area contributed by atoms with Gasteiger partial charge in [0.1, 0.15) is 17.0 Å². The average Bonchev–Trinajstić information content (AvgIpc) is 3.15. The molecular formula is C19H21N3O3. The number of aromatic nitrogens is 1. The molecule has 6 heteroatoms. The Kier molecular flexibility index (Phi) is 3.82. The lowest BCUT2D eigenvalue weighted by Crippen LogP contribution is -2.49. The van der Waals surface area contributed by atoms with E-state index in [2.05, 4.69) is 5.16 Å². The third-order valence-electron chi connectivity index (χ3n) is 5.46. The summed E-state index contributed by atoms with van der Waals surface area (Å²) >= 11 is 0. The van der Waals surface area contributed by atoms with Gasteiger partial charge in [0.25, 0.3) is 5.91 Å². The van der Waals surface area contributed by atoms with Crippen LogP contribution in [-0.2, 0) is 4.79 Å². The highest BCUT2D eigenvalue weighted by molar-refractivity contribution is 6.01. The number of carbonyl (C=O) groups is 2. The quantitative estimate of drug-likeness (QED) is 0.842. The lowest BCUT2D eigenvalue weighted by Gasteiger charge is -2.37. The third-order valence-corrected chi connectivity index (χ3v) is 5.46. The van der Waals surface area contributed by atoms with Crippen molar-refractivity contribution in [1.82, 2.24) is 15.0 Å². The summed E-state index contributed by atoms with van der Waals surface area (Å²) in [6.07, 6.45) is 1.46. The zero-order chi connectivity index (χ0) is 17.6. The SMILES string of the molecule is Cc1onc(-c2ccccc2)c1C(=O)N1CC[C@@H]2CC(=O)N(C)[C@@H]2C1. The summed E-state index contributed by atoms with van der Waals surface area (Å²) in [4.78, 5) is 28.7. The molecule has 0 radical (unpaired) electrons. The van der Waals surface area contributed by atoms with Crippen LogP contribution in [0, 0.1) is 12.8 Å². The van der Waals surface area contributed by atoms with Gasteiger partial charge >= 0.3 is 0 Å². The Morgan fingerprint density at radius 2 is 2.04 bits per heavy atom. The van der Waals surface area contributed by atoms with E-state index in [0.717, 1.165) is 12.0 Å². The van der Waals surface area contributed by atoms with Gasteiger partial charge in [0, 0.05) is 32.1 Å². The molecule has 25 heavy (non-hydrogen) atoms. The molecule has 2 aromatic rings. The van der Waals surface area contributed by atoms with Crippen molar-refractivity contribution in [2.24, 2.45) is 5.92 Å². The lowest BCUT2D eigenvalue weighted by atomic mass is 9.91. The lowest BCUT2D eigenvalue weighted by molar-refractivity contribution is -0.127.